The van der Waals surface area contributed by atoms with Crippen molar-refractivity contribution in [3.05, 3.63) is 53.3 Å². The molecular weight excluding hydrogens is 537 g/mol. The minimum Gasteiger partial charge on any atom is -0.508 e. The number of anilines is 1. The van der Waals surface area contributed by atoms with Gasteiger partial charge in [0, 0.05) is 50.6 Å². The Labute approximate surface area is 235 Å². The van der Waals surface area contributed by atoms with Crippen LogP contribution in [0.2, 0.25) is 5.02 Å². The third-order valence-corrected chi connectivity index (χ3v) is 7.33. The summed E-state index contributed by atoms with van der Waals surface area (Å²) in [5.74, 6) is -0.420. The number of rotatable bonds is 7. The molecular formula is C29H29ClFN5O4. The topological polar surface area (TPSA) is 108 Å². The van der Waals surface area contributed by atoms with E-state index in [2.05, 4.69) is 15.3 Å². The maximum atomic E-state index is 16.5. The Morgan fingerprint density at radius 2 is 1.85 bits per heavy atom. The highest BCUT2D eigenvalue weighted by molar-refractivity contribution is 6.35. The Morgan fingerprint density at radius 1 is 1.10 bits per heavy atom. The summed E-state index contributed by atoms with van der Waals surface area (Å²) >= 11 is 6.74. The molecule has 5 rings (SSSR count). The molecule has 0 saturated carbocycles. The van der Waals surface area contributed by atoms with Gasteiger partial charge in [-0.05, 0) is 34.5 Å². The van der Waals surface area contributed by atoms with Crippen LogP contribution in [0.25, 0.3) is 32.8 Å². The number of hydrogen-bond acceptors (Lipinski definition) is 7. The van der Waals surface area contributed by atoms with Gasteiger partial charge in [0.1, 0.15) is 23.7 Å². The van der Waals surface area contributed by atoms with Gasteiger partial charge in [0.05, 0.1) is 11.4 Å². The summed E-state index contributed by atoms with van der Waals surface area (Å²) < 4.78 is 22.2. The van der Waals surface area contributed by atoms with Gasteiger partial charge in [-0.15, -0.1) is 0 Å². The van der Waals surface area contributed by atoms with Gasteiger partial charge >= 0.3 is 6.01 Å². The second kappa shape index (κ2) is 11.5. The maximum Gasteiger partial charge on any atom is 0.319 e. The van der Waals surface area contributed by atoms with Crippen molar-refractivity contribution in [2.24, 2.45) is 0 Å². The molecule has 2 heterocycles. The number of carbonyl (C=O) groups excluding carboxylic acids is 2. The number of ether oxygens (including phenoxy) is 1. The molecule has 1 aliphatic rings. The summed E-state index contributed by atoms with van der Waals surface area (Å²) in [6.45, 7) is 3.78. The first-order valence-electron chi connectivity index (χ1n) is 13.1. The highest BCUT2D eigenvalue weighted by Gasteiger charge is 2.27. The number of phenolic OH excluding ortho intramolecular Hbond substituents is 1. The van der Waals surface area contributed by atoms with E-state index in [1.54, 1.807) is 17.0 Å². The smallest absolute Gasteiger partial charge is 0.319 e. The SMILES string of the molecule is CCC(=O)N1CCN(c2nc(OCCC(=O)NC)nc3c(F)c(-c4cc(O)cc5ccccc45)c(Cl)cc23)CC1. The molecule has 11 heteroatoms. The molecule has 0 unspecified atom stereocenters. The number of aromatic hydroxyl groups is 1. The van der Waals surface area contributed by atoms with Gasteiger partial charge < -0.3 is 25.0 Å². The molecule has 0 spiro atoms. The molecule has 2 amide bonds. The lowest BCUT2D eigenvalue weighted by molar-refractivity contribution is -0.131. The van der Waals surface area contributed by atoms with Crippen molar-refractivity contribution in [1.82, 2.24) is 20.2 Å². The predicted octanol–water partition coefficient (Wildman–Crippen LogP) is 4.52. The van der Waals surface area contributed by atoms with E-state index in [0.29, 0.717) is 54.8 Å². The van der Waals surface area contributed by atoms with Crippen molar-refractivity contribution < 1.29 is 23.8 Å². The summed E-state index contributed by atoms with van der Waals surface area (Å²) in [7, 11) is 1.53. The molecule has 3 aromatic carbocycles. The first-order chi connectivity index (χ1) is 19.3. The number of nitrogens with one attached hydrogen (secondary N) is 1. The number of benzene rings is 3. The third kappa shape index (κ3) is 5.31. The van der Waals surface area contributed by atoms with Crippen LogP contribution in [0.15, 0.2) is 42.5 Å². The zero-order valence-corrected chi connectivity index (χ0v) is 23.0. The minimum absolute atomic E-state index is 0.00108. The summed E-state index contributed by atoms with van der Waals surface area (Å²) in [5.41, 5.74) is 0.522. The van der Waals surface area contributed by atoms with Gasteiger partial charge in [-0.2, -0.15) is 9.97 Å². The molecule has 40 heavy (non-hydrogen) atoms. The zero-order chi connectivity index (χ0) is 28.4. The number of piperazine rings is 1. The normalized spacial score (nSPS) is 13.6. The summed E-state index contributed by atoms with van der Waals surface area (Å²) in [6.07, 6.45) is 0.502. The van der Waals surface area contributed by atoms with Crippen LogP contribution in [-0.4, -0.2) is 71.6 Å². The Balaban J connectivity index is 1.64. The molecule has 1 fully saturated rings. The monoisotopic (exact) mass is 565 g/mol. The molecule has 208 valence electrons. The maximum absolute atomic E-state index is 16.5. The van der Waals surface area contributed by atoms with Crippen molar-refractivity contribution in [2.75, 3.05) is 44.7 Å². The Hall–Kier alpha value is -4.18. The molecule has 1 saturated heterocycles. The summed E-state index contributed by atoms with van der Waals surface area (Å²) in [4.78, 5) is 36.6. The van der Waals surface area contributed by atoms with Crippen LogP contribution in [0.4, 0.5) is 10.2 Å². The third-order valence-electron chi connectivity index (χ3n) is 7.03. The predicted molar refractivity (Wildman–Crippen MR) is 152 cm³/mol. The fraction of sp³-hybridized carbons (Fsp3) is 0.310. The lowest BCUT2D eigenvalue weighted by atomic mass is 9.96. The largest absolute Gasteiger partial charge is 0.508 e. The quantitative estimate of drug-likeness (QED) is 0.339. The van der Waals surface area contributed by atoms with E-state index in [4.69, 9.17) is 16.3 Å². The Kier molecular flexibility index (Phi) is 7.88. The van der Waals surface area contributed by atoms with E-state index in [-0.39, 0.29) is 52.7 Å². The number of aromatic nitrogens is 2. The molecule has 0 aliphatic carbocycles. The second-order valence-corrected chi connectivity index (χ2v) is 9.89. The van der Waals surface area contributed by atoms with E-state index in [1.165, 1.54) is 13.1 Å². The average Bonchev–Trinajstić information content (AvgIpc) is 2.96. The number of amides is 2. The van der Waals surface area contributed by atoms with Crippen LogP contribution < -0.4 is 15.0 Å². The van der Waals surface area contributed by atoms with Crippen LogP contribution in [-0.2, 0) is 9.59 Å². The number of nitrogens with zero attached hydrogens (tertiary/aromatic N) is 4. The molecule has 0 bridgehead atoms. The molecule has 4 aromatic rings. The fourth-order valence-electron chi connectivity index (χ4n) is 4.97. The summed E-state index contributed by atoms with van der Waals surface area (Å²) in [6, 6.07) is 12.0. The average molecular weight is 566 g/mol. The van der Waals surface area contributed by atoms with E-state index < -0.39 is 5.82 Å². The number of halogens is 2. The standard InChI is InChI=1S/C29H29ClFN5O4/c1-3-24(39)35-9-11-36(12-10-35)28-21-16-22(30)25(20-15-18(37)14-17-6-4-5-7-19(17)20)26(31)27(21)33-29(34-28)40-13-8-23(38)32-2/h4-7,14-16,37H,3,8-13H2,1-2H3,(H,32,38). The lowest BCUT2D eigenvalue weighted by Crippen LogP contribution is -2.49. The molecule has 0 atom stereocenters. The first-order valence-corrected chi connectivity index (χ1v) is 13.5. The number of phenols is 1. The van der Waals surface area contributed by atoms with E-state index in [1.807, 2.05) is 36.1 Å². The second-order valence-electron chi connectivity index (χ2n) is 9.48. The molecule has 0 radical (unpaired) electrons. The van der Waals surface area contributed by atoms with Gasteiger partial charge in [0.25, 0.3) is 0 Å². The van der Waals surface area contributed by atoms with Crippen molar-refractivity contribution >= 4 is 50.9 Å². The van der Waals surface area contributed by atoms with Gasteiger partial charge in [-0.1, -0.05) is 42.8 Å². The number of carbonyl (C=O) groups is 2. The highest BCUT2D eigenvalue weighted by Crippen LogP contribution is 2.42. The molecule has 1 aliphatic heterocycles. The molecule has 1 aromatic heterocycles. The van der Waals surface area contributed by atoms with Crippen molar-refractivity contribution in [2.45, 2.75) is 19.8 Å². The summed E-state index contributed by atoms with van der Waals surface area (Å²) in [5, 5.41) is 14.9. The van der Waals surface area contributed by atoms with E-state index >= 15 is 4.39 Å². The number of hydrogen-bond donors (Lipinski definition) is 2. The Morgan fingerprint density at radius 3 is 2.58 bits per heavy atom. The van der Waals surface area contributed by atoms with E-state index in [0.717, 1.165) is 5.39 Å². The molecule has 9 nitrogen and oxygen atoms in total. The Bertz CT molecular complexity index is 1610. The zero-order valence-electron chi connectivity index (χ0n) is 22.2. The van der Waals surface area contributed by atoms with Crippen molar-refractivity contribution in [3.63, 3.8) is 0 Å². The highest BCUT2D eigenvalue weighted by atomic mass is 35.5. The number of fused-ring (bicyclic) bond motifs is 2. The first kappa shape index (κ1) is 27.4. The van der Waals surface area contributed by atoms with Crippen LogP contribution in [0.3, 0.4) is 0 Å². The van der Waals surface area contributed by atoms with Crippen LogP contribution in [0.5, 0.6) is 11.8 Å². The van der Waals surface area contributed by atoms with Crippen LogP contribution in [0, 0.1) is 5.82 Å². The van der Waals surface area contributed by atoms with E-state index in [9.17, 15) is 14.7 Å². The van der Waals surface area contributed by atoms with Crippen molar-refractivity contribution in [1.29, 1.82) is 0 Å². The fourth-order valence-corrected chi connectivity index (χ4v) is 5.26. The minimum atomic E-state index is -0.683. The van der Waals surface area contributed by atoms with Gasteiger partial charge in [0.15, 0.2) is 5.82 Å². The van der Waals surface area contributed by atoms with Crippen molar-refractivity contribution in [3.8, 4) is 22.9 Å². The van der Waals surface area contributed by atoms with Gasteiger partial charge in [-0.3, -0.25) is 9.59 Å². The van der Waals surface area contributed by atoms with Gasteiger partial charge in [-0.25, -0.2) is 4.39 Å². The van der Waals surface area contributed by atoms with Crippen LogP contribution in [0.1, 0.15) is 19.8 Å². The van der Waals surface area contributed by atoms with Gasteiger partial charge in [0.2, 0.25) is 11.8 Å². The molecule has 2 N–H and O–H groups in total. The van der Waals surface area contributed by atoms with Crippen LogP contribution >= 0.6 is 11.6 Å². The lowest BCUT2D eigenvalue weighted by Gasteiger charge is -2.35.